The minimum atomic E-state index is -0.990. The van der Waals surface area contributed by atoms with Gasteiger partial charge in [0.1, 0.15) is 0 Å². The number of anilines is 1. The average molecular weight is 236 g/mol. The molecule has 3 N–H and O–H groups in total. The Hall–Kier alpha value is -1.88. The molecular formula is C12H16N2O3. The predicted molar refractivity (Wildman–Crippen MR) is 65.4 cm³/mol. The molecule has 17 heavy (non-hydrogen) atoms. The molecule has 0 fully saturated rings. The third-order valence-electron chi connectivity index (χ3n) is 2.52. The minimum Gasteiger partial charge on any atom is -0.478 e. The van der Waals surface area contributed by atoms with Gasteiger partial charge in [0, 0.05) is 5.69 Å². The van der Waals surface area contributed by atoms with Gasteiger partial charge in [0.05, 0.1) is 12.1 Å². The molecule has 0 heterocycles. The number of hydrogen-bond donors (Lipinski definition) is 3. The SMILES string of the molecule is CNCC(=O)Nc1cc(C)c(C)c(C(=O)O)c1. The number of rotatable bonds is 4. The van der Waals surface area contributed by atoms with Crippen molar-refractivity contribution in [3.63, 3.8) is 0 Å². The molecule has 0 radical (unpaired) electrons. The lowest BCUT2D eigenvalue weighted by molar-refractivity contribution is -0.115. The Kier molecular flexibility index (Phi) is 4.23. The van der Waals surface area contributed by atoms with Gasteiger partial charge in [-0.3, -0.25) is 4.79 Å². The molecule has 0 spiro atoms. The van der Waals surface area contributed by atoms with E-state index < -0.39 is 5.97 Å². The van der Waals surface area contributed by atoms with E-state index in [2.05, 4.69) is 10.6 Å². The fourth-order valence-corrected chi connectivity index (χ4v) is 1.52. The molecule has 0 aromatic heterocycles. The van der Waals surface area contributed by atoms with Gasteiger partial charge in [0.15, 0.2) is 0 Å². The summed E-state index contributed by atoms with van der Waals surface area (Å²) >= 11 is 0. The van der Waals surface area contributed by atoms with Crippen molar-refractivity contribution in [2.75, 3.05) is 18.9 Å². The molecule has 1 rings (SSSR count). The van der Waals surface area contributed by atoms with Gasteiger partial charge in [-0.25, -0.2) is 4.79 Å². The first-order valence-corrected chi connectivity index (χ1v) is 5.24. The number of aromatic carboxylic acids is 1. The van der Waals surface area contributed by atoms with Crippen LogP contribution in [0, 0.1) is 13.8 Å². The van der Waals surface area contributed by atoms with Crippen molar-refractivity contribution in [1.29, 1.82) is 0 Å². The number of hydrogen-bond acceptors (Lipinski definition) is 3. The van der Waals surface area contributed by atoms with E-state index in [4.69, 9.17) is 5.11 Å². The van der Waals surface area contributed by atoms with E-state index in [-0.39, 0.29) is 18.0 Å². The number of benzene rings is 1. The normalized spacial score (nSPS) is 10.1. The van der Waals surface area contributed by atoms with Gasteiger partial charge in [-0.05, 0) is 44.2 Å². The lowest BCUT2D eigenvalue weighted by atomic mass is 10.0. The van der Waals surface area contributed by atoms with Crippen LogP contribution in [-0.4, -0.2) is 30.6 Å². The Balaban J connectivity index is 3.02. The molecular weight excluding hydrogens is 220 g/mol. The number of carboxylic acids is 1. The first-order chi connectivity index (χ1) is 7.95. The Morgan fingerprint density at radius 2 is 1.94 bits per heavy atom. The third-order valence-corrected chi connectivity index (χ3v) is 2.52. The van der Waals surface area contributed by atoms with Gasteiger partial charge in [-0.15, -0.1) is 0 Å². The van der Waals surface area contributed by atoms with Gasteiger partial charge in [0.2, 0.25) is 5.91 Å². The molecule has 0 saturated carbocycles. The number of amides is 1. The summed E-state index contributed by atoms with van der Waals surface area (Å²) in [4.78, 5) is 22.4. The second kappa shape index (κ2) is 5.45. The molecule has 5 nitrogen and oxygen atoms in total. The number of carbonyl (C=O) groups excluding carboxylic acids is 1. The molecule has 1 aromatic carbocycles. The maximum atomic E-state index is 11.4. The predicted octanol–water partition coefficient (Wildman–Crippen LogP) is 1.16. The molecule has 0 aliphatic rings. The van der Waals surface area contributed by atoms with Crippen LogP contribution in [0.25, 0.3) is 0 Å². The highest BCUT2D eigenvalue weighted by Crippen LogP contribution is 2.19. The zero-order valence-corrected chi connectivity index (χ0v) is 10.1. The Labute approximate surface area is 99.8 Å². The van der Waals surface area contributed by atoms with Crippen LogP contribution < -0.4 is 10.6 Å². The van der Waals surface area contributed by atoms with Crippen LogP contribution in [0.1, 0.15) is 21.5 Å². The first kappa shape index (κ1) is 13.2. The zero-order valence-electron chi connectivity index (χ0n) is 10.1. The minimum absolute atomic E-state index is 0.190. The highest BCUT2D eigenvalue weighted by molar-refractivity contribution is 5.95. The van der Waals surface area contributed by atoms with Crippen LogP contribution in [0.15, 0.2) is 12.1 Å². The Morgan fingerprint density at radius 1 is 1.29 bits per heavy atom. The molecule has 0 saturated heterocycles. The van der Waals surface area contributed by atoms with Crippen LogP contribution >= 0.6 is 0 Å². The molecule has 0 unspecified atom stereocenters. The fraction of sp³-hybridized carbons (Fsp3) is 0.333. The quantitative estimate of drug-likeness (QED) is 0.733. The standard InChI is InChI=1S/C12H16N2O3/c1-7-4-9(14-11(15)6-13-3)5-10(8(7)2)12(16)17/h4-5,13H,6H2,1-3H3,(H,14,15)(H,16,17). The van der Waals surface area contributed by atoms with Crippen LogP contribution in [0.5, 0.6) is 0 Å². The van der Waals surface area contributed by atoms with Crippen molar-refractivity contribution >= 4 is 17.6 Å². The summed E-state index contributed by atoms with van der Waals surface area (Å²) in [5.41, 5.74) is 2.27. The number of carboxylic acid groups (broad SMARTS) is 1. The summed E-state index contributed by atoms with van der Waals surface area (Å²) in [7, 11) is 1.67. The Morgan fingerprint density at radius 3 is 2.47 bits per heavy atom. The number of likely N-dealkylation sites (N-methyl/N-ethyl adjacent to an activating group) is 1. The van der Waals surface area contributed by atoms with Gasteiger partial charge < -0.3 is 15.7 Å². The third kappa shape index (κ3) is 3.29. The molecule has 0 aliphatic heterocycles. The van der Waals surface area contributed by atoms with Crippen molar-refractivity contribution in [1.82, 2.24) is 5.32 Å². The second-order valence-electron chi connectivity index (χ2n) is 3.85. The lowest BCUT2D eigenvalue weighted by Crippen LogP contribution is -2.25. The summed E-state index contributed by atoms with van der Waals surface area (Å²) in [6.45, 7) is 3.75. The van der Waals surface area contributed by atoms with Crippen LogP contribution in [-0.2, 0) is 4.79 Å². The zero-order chi connectivity index (χ0) is 13.0. The van der Waals surface area contributed by atoms with Crippen molar-refractivity contribution in [3.05, 3.63) is 28.8 Å². The van der Waals surface area contributed by atoms with Crippen molar-refractivity contribution < 1.29 is 14.7 Å². The van der Waals surface area contributed by atoms with Crippen LogP contribution in [0.2, 0.25) is 0 Å². The maximum Gasteiger partial charge on any atom is 0.336 e. The van der Waals surface area contributed by atoms with E-state index in [0.717, 1.165) is 5.56 Å². The van der Waals surface area contributed by atoms with Crippen molar-refractivity contribution in [2.24, 2.45) is 0 Å². The fourth-order valence-electron chi connectivity index (χ4n) is 1.52. The van der Waals surface area contributed by atoms with Crippen LogP contribution in [0.4, 0.5) is 5.69 Å². The number of nitrogens with one attached hydrogen (secondary N) is 2. The summed E-state index contributed by atoms with van der Waals surface area (Å²) in [6.07, 6.45) is 0. The van der Waals surface area contributed by atoms with E-state index in [0.29, 0.717) is 11.3 Å². The van der Waals surface area contributed by atoms with Gasteiger partial charge in [-0.2, -0.15) is 0 Å². The summed E-state index contributed by atoms with van der Waals surface area (Å²) in [5.74, 6) is -1.19. The van der Waals surface area contributed by atoms with E-state index in [1.165, 1.54) is 6.07 Å². The number of aryl methyl sites for hydroxylation is 1. The largest absolute Gasteiger partial charge is 0.478 e. The van der Waals surface area contributed by atoms with Gasteiger partial charge in [-0.1, -0.05) is 0 Å². The monoisotopic (exact) mass is 236 g/mol. The van der Waals surface area contributed by atoms with Gasteiger partial charge >= 0.3 is 5.97 Å². The molecule has 0 atom stereocenters. The van der Waals surface area contributed by atoms with Gasteiger partial charge in [0.25, 0.3) is 0 Å². The smallest absolute Gasteiger partial charge is 0.336 e. The molecule has 5 heteroatoms. The molecule has 1 aromatic rings. The maximum absolute atomic E-state index is 11.4. The Bertz CT molecular complexity index is 455. The van der Waals surface area contributed by atoms with Crippen molar-refractivity contribution in [2.45, 2.75) is 13.8 Å². The summed E-state index contributed by atoms with van der Waals surface area (Å²) in [6, 6.07) is 3.23. The summed E-state index contributed by atoms with van der Waals surface area (Å²) in [5, 5.41) is 14.4. The highest BCUT2D eigenvalue weighted by Gasteiger charge is 2.11. The van der Waals surface area contributed by atoms with Crippen LogP contribution in [0.3, 0.4) is 0 Å². The molecule has 92 valence electrons. The van der Waals surface area contributed by atoms with E-state index >= 15 is 0 Å². The van der Waals surface area contributed by atoms with Crippen molar-refractivity contribution in [3.8, 4) is 0 Å². The molecule has 1 amide bonds. The molecule has 0 bridgehead atoms. The average Bonchev–Trinajstić information content (AvgIpc) is 2.23. The first-order valence-electron chi connectivity index (χ1n) is 5.24. The highest BCUT2D eigenvalue weighted by atomic mass is 16.4. The molecule has 0 aliphatic carbocycles. The van der Waals surface area contributed by atoms with E-state index in [9.17, 15) is 9.59 Å². The van der Waals surface area contributed by atoms with E-state index in [1.807, 2.05) is 6.92 Å². The van der Waals surface area contributed by atoms with E-state index in [1.54, 1.807) is 20.0 Å². The second-order valence-corrected chi connectivity index (χ2v) is 3.85. The lowest BCUT2D eigenvalue weighted by Gasteiger charge is -2.10. The topological polar surface area (TPSA) is 78.4 Å². The summed E-state index contributed by atoms with van der Waals surface area (Å²) < 4.78 is 0. The number of carbonyl (C=O) groups is 2.